The molecule has 1 aromatic rings. The molecule has 1 aromatic carbocycles. The maximum absolute atomic E-state index is 8.76. The Labute approximate surface area is 110 Å². The molecule has 1 N–H and O–H groups in total. The van der Waals surface area contributed by atoms with Gasteiger partial charge >= 0.3 is 0 Å². The van der Waals surface area contributed by atoms with E-state index in [2.05, 4.69) is 41.0 Å². The number of para-hydroxylation sites is 2. The van der Waals surface area contributed by atoms with Gasteiger partial charge in [0.25, 0.3) is 0 Å². The number of aliphatic hydroxyl groups excluding tert-OH is 1. The Bertz CT molecular complexity index is 367. The molecule has 1 aliphatic rings. The summed E-state index contributed by atoms with van der Waals surface area (Å²) in [4.78, 5) is 4.89. The van der Waals surface area contributed by atoms with Crippen LogP contribution in [0.2, 0.25) is 0 Å². The van der Waals surface area contributed by atoms with Gasteiger partial charge in [0.1, 0.15) is 0 Å². The molecule has 0 spiro atoms. The Morgan fingerprint density at radius 3 is 2.33 bits per heavy atom. The molecule has 3 nitrogen and oxygen atoms in total. The van der Waals surface area contributed by atoms with E-state index in [1.165, 1.54) is 24.2 Å². The second-order valence-electron chi connectivity index (χ2n) is 4.89. The number of anilines is 2. The van der Waals surface area contributed by atoms with Crippen molar-refractivity contribution in [3.63, 3.8) is 0 Å². The largest absolute Gasteiger partial charge is 0.396 e. The molecule has 1 aliphatic heterocycles. The first kappa shape index (κ1) is 13.2. The third-order valence-corrected chi connectivity index (χ3v) is 3.62. The number of rotatable bonds is 7. The van der Waals surface area contributed by atoms with Gasteiger partial charge in [-0.2, -0.15) is 0 Å². The molecule has 0 aliphatic carbocycles. The molecular formula is C15H24N2O. The van der Waals surface area contributed by atoms with Crippen molar-refractivity contribution in [1.82, 2.24) is 0 Å². The van der Waals surface area contributed by atoms with Crippen LogP contribution in [0.4, 0.5) is 11.4 Å². The fourth-order valence-electron chi connectivity index (χ4n) is 2.59. The monoisotopic (exact) mass is 248 g/mol. The third kappa shape index (κ3) is 2.96. The predicted octanol–water partition coefficient (Wildman–Crippen LogP) is 2.84. The van der Waals surface area contributed by atoms with Crippen LogP contribution < -0.4 is 9.80 Å². The van der Waals surface area contributed by atoms with Crippen LogP contribution in [0.25, 0.3) is 0 Å². The first-order valence-corrected chi connectivity index (χ1v) is 7.06. The van der Waals surface area contributed by atoms with Gasteiger partial charge in [0, 0.05) is 19.7 Å². The number of benzene rings is 1. The minimum Gasteiger partial charge on any atom is -0.396 e. The van der Waals surface area contributed by atoms with E-state index in [-0.39, 0.29) is 0 Å². The van der Waals surface area contributed by atoms with Crippen molar-refractivity contribution in [1.29, 1.82) is 0 Å². The minimum atomic E-state index is 0.330. The molecule has 0 amide bonds. The number of nitrogens with zero attached hydrogens (tertiary/aromatic N) is 2. The Morgan fingerprint density at radius 2 is 1.67 bits per heavy atom. The van der Waals surface area contributed by atoms with E-state index in [1.807, 2.05) is 0 Å². The number of fused-ring (bicyclic) bond motifs is 1. The van der Waals surface area contributed by atoms with E-state index < -0.39 is 0 Å². The lowest BCUT2D eigenvalue weighted by molar-refractivity contribution is 0.282. The van der Waals surface area contributed by atoms with E-state index in [9.17, 15) is 0 Å². The quantitative estimate of drug-likeness (QED) is 0.752. The Hall–Kier alpha value is -1.22. The summed E-state index contributed by atoms with van der Waals surface area (Å²) in [5, 5.41) is 8.76. The van der Waals surface area contributed by atoms with Gasteiger partial charge in [-0.3, -0.25) is 0 Å². The highest BCUT2D eigenvalue weighted by molar-refractivity contribution is 5.76. The van der Waals surface area contributed by atoms with Gasteiger partial charge in [-0.1, -0.05) is 25.0 Å². The van der Waals surface area contributed by atoms with Crippen LogP contribution in [0, 0.1) is 0 Å². The second-order valence-corrected chi connectivity index (χ2v) is 4.89. The molecule has 2 rings (SSSR count). The smallest absolute Gasteiger partial charge is 0.0904 e. The van der Waals surface area contributed by atoms with E-state index >= 15 is 0 Å². The molecule has 100 valence electrons. The molecule has 0 fully saturated rings. The molecule has 0 bridgehead atoms. The number of hydrogen-bond acceptors (Lipinski definition) is 3. The molecule has 0 saturated heterocycles. The summed E-state index contributed by atoms with van der Waals surface area (Å²) >= 11 is 0. The van der Waals surface area contributed by atoms with Crippen LogP contribution in [-0.4, -0.2) is 31.5 Å². The van der Waals surface area contributed by atoms with Gasteiger partial charge in [0.15, 0.2) is 0 Å². The molecular weight excluding hydrogens is 224 g/mol. The van der Waals surface area contributed by atoms with Crippen molar-refractivity contribution in [2.75, 3.05) is 36.2 Å². The van der Waals surface area contributed by atoms with Gasteiger partial charge in [0.2, 0.25) is 0 Å². The van der Waals surface area contributed by atoms with Crippen molar-refractivity contribution < 1.29 is 5.11 Å². The maximum atomic E-state index is 8.76. The third-order valence-electron chi connectivity index (χ3n) is 3.62. The summed E-state index contributed by atoms with van der Waals surface area (Å²) in [6.07, 6.45) is 4.51. The first-order valence-electron chi connectivity index (χ1n) is 7.06. The summed E-state index contributed by atoms with van der Waals surface area (Å²) < 4.78 is 0. The molecule has 3 heteroatoms. The maximum Gasteiger partial charge on any atom is 0.0904 e. The average Bonchev–Trinajstić information content (AvgIpc) is 2.77. The van der Waals surface area contributed by atoms with Crippen molar-refractivity contribution in [3.8, 4) is 0 Å². The summed E-state index contributed by atoms with van der Waals surface area (Å²) in [6, 6.07) is 8.67. The molecule has 0 saturated carbocycles. The predicted molar refractivity (Wildman–Crippen MR) is 77.2 cm³/mol. The van der Waals surface area contributed by atoms with Crippen molar-refractivity contribution in [2.45, 2.75) is 32.6 Å². The summed E-state index contributed by atoms with van der Waals surface area (Å²) in [6.45, 7) is 5.75. The van der Waals surface area contributed by atoms with Crippen molar-refractivity contribution >= 4 is 11.4 Å². The average molecular weight is 248 g/mol. The SMILES string of the molecule is CCN1CN(CCCCCCO)c2ccccc21. The van der Waals surface area contributed by atoms with E-state index in [0.717, 1.165) is 32.6 Å². The molecule has 0 aromatic heterocycles. The minimum absolute atomic E-state index is 0.330. The van der Waals surface area contributed by atoms with Gasteiger partial charge in [-0.25, -0.2) is 0 Å². The van der Waals surface area contributed by atoms with Crippen LogP contribution in [0.5, 0.6) is 0 Å². The molecule has 18 heavy (non-hydrogen) atoms. The number of hydrogen-bond donors (Lipinski definition) is 1. The van der Waals surface area contributed by atoms with Gasteiger partial charge < -0.3 is 14.9 Å². The van der Waals surface area contributed by atoms with Gasteiger partial charge in [-0.15, -0.1) is 0 Å². The van der Waals surface area contributed by atoms with Crippen LogP contribution >= 0.6 is 0 Å². The summed E-state index contributed by atoms with van der Waals surface area (Å²) in [7, 11) is 0. The van der Waals surface area contributed by atoms with Crippen LogP contribution in [0.3, 0.4) is 0 Å². The van der Waals surface area contributed by atoms with Crippen molar-refractivity contribution in [3.05, 3.63) is 24.3 Å². The number of aliphatic hydroxyl groups is 1. The highest BCUT2D eigenvalue weighted by atomic mass is 16.2. The fourth-order valence-corrected chi connectivity index (χ4v) is 2.59. The lowest BCUT2D eigenvalue weighted by atomic mass is 10.2. The molecule has 0 atom stereocenters. The van der Waals surface area contributed by atoms with Crippen LogP contribution in [0.1, 0.15) is 32.6 Å². The number of unbranched alkanes of at least 4 members (excludes halogenated alkanes) is 3. The Kier molecular flexibility index (Phi) is 4.88. The first-order chi connectivity index (χ1) is 8.86. The Balaban J connectivity index is 1.87. The van der Waals surface area contributed by atoms with Crippen molar-refractivity contribution in [2.24, 2.45) is 0 Å². The zero-order valence-electron chi connectivity index (χ0n) is 11.3. The lowest BCUT2D eigenvalue weighted by Crippen LogP contribution is -2.31. The summed E-state index contributed by atoms with van der Waals surface area (Å²) in [5.74, 6) is 0. The molecule has 0 unspecified atom stereocenters. The van der Waals surface area contributed by atoms with Gasteiger partial charge in [-0.05, 0) is 31.9 Å². The van der Waals surface area contributed by atoms with E-state index in [4.69, 9.17) is 5.11 Å². The van der Waals surface area contributed by atoms with Gasteiger partial charge in [0.05, 0.1) is 18.0 Å². The zero-order valence-corrected chi connectivity index (χ0v) is 11.3. The normalized spacial score (nSPS) is 14.1. The topological polar surface area (TPSA) is 26.7 Å². The highest BCUT2D eigenvalue weighted by Gasteiger charge is 2.23. The summed E-state index contributed by atoms with van der Waals surface area (Å²) in [5.41, 5.74) is 2.75. The molecule has 0 radical (unpaired) electrons. The highest BCUT2D eigenvalue weighted by Crippen LogP contribution is 2.35. The second kappa shape index (κ2) is 6.64. The molecule has 1 heterocycles. The standard InChI is InChI=1S/C15H24N2O/c1-2-16-13-17(11-7-3-4-8-12-18)15-10-6-5-9-14(15)16/h5-6,9-10,18H,2-4,7-8,11-13H2,1H3. The lowest BCUT2D eigenvalue weighted by Gasteiger charge is -2.20. The van der Waals surface area contributed by atoms with Crippen LogP contribution in [0.15, 0.2) is 24.3 Å². The van der Waals surface area contributed by atoms with Crippen LogP contribution in [-0.2, 0) is 0 Å². The van der Waals surface area contributed by atoms with E-state index in [1.54, 1.807) is 0 Å². The Morgan fingerprint density at radius 1 is 1.00 bits per heavy atom. The zero-order chi connectivity index (χ0) is 12.8. The van der Waals surface area contributed by atoms with E-state index in [0.29, 0.717) is 6.61 Å². The fraction of sp³-hybridized carbons (Fsp3) is 0.600.